The minimum atomic E-state index is 0.188. The summed E-state index contributed by atoms with van der Waals surface area (Å²) in [5.74, 6) is 0.953. The first kappa shape index (κ1) is 12.8. The number of carbonyl (C=O) groups excluding carboxylic acids is 1. The molecule has 1 aliphatic heterocycles. The molecular weight excluding hydrogens is 214 g/mol. The molecule has 0 unspecified atom stereocenters. The van der Waals surface area contributed by atoms with Gasteiger partial charge in [-0.1, -0.05) is 6.92 Å². The van der Waals surface area contributed by atoms with Crippen LogP contribution in [-0.4, -0.2) is 43.5 Å². The van der Waals surface area contributed by atoms with E-state index in [0.29, 0.717) is 12.0 Å². The van der Waals surface area contributed by atoms with Crippen LogP contribution in [0.1, 0.15) is 32.6 Å². The second-order valence-electron chi connectivity index (χ2n) is 6.04. The fraction of sp³-hybridized carbons (Fsp3) is 0.923. The second kappa shape index (κ2) is 5.36. The fourth-order valence-corrected chi connectivity index (χ4v) is 2.29. The van der Waals surface area contributed by atoms with Crippen molar-refractivity contribution in [2.45, 2.75) is 32.6 Å². The van der Waals surface area contributed by atoms with Crippen LogP contribution in [0.4, 0.5) is 0 Å². The molecule has 0 aromatic rings. The van der Waals surface area contributed by atoms with E-state index in [2.05, 4.69) is 17.1 Å². The molecule has 0 spiro atoms. The average molecular weight is 239 g/mol. The predicted octanol–water partition coefficient (Wildman–Crippen LogP) is 0.573. The van der Waals surface area contributed by atoms with Gasteiger partial charge in [0.15, 0.2) is 0 Å². The molecule has 2 rings (SSSR count). The van der Waals surface area contributed by atoms with Crippen LogP contribution in [0.3, 0.4) is 0 Å². The van der Waals surface area contributed by atoms with Crippen LogP contribution in [0.25, 0.3) is 0 Å². The Hall–Kier alpha value is -0.610. The highest BCUT2D eigenvalue weighted by Crippen LogP contribution is 2.29. The Balaban J connectivity index is 1.64. The molecule has 1 heterocycles. The summed E-state index contributed by atoms with van der Waals surface area (Å²) in [5, 5.41) is 3.02. The van der Waals surface area contributed by atoms with Gasteiger partial charge in [0.05, 0.1) is 6.54 Å². The van der Waals surface area contributed by atoms with Crippen LogP contribution in [0.2, 0.25) is 0 Å². The molecule has 1 aliphatic carbocycles. The third-order valence-corrected chi connectivity index (χ3v) is 4.21. The molecule has 1 saturated carbocycles. The Morgan fingerprint density at radius 3 is 2.59 bits per heavy atom. The highest BCUT2D eigenvalue weighted by molar-refractivity contribution is 5.78. The molecule has 0 radical (unpaired) electrons. The van der Waals surface area contributed by atoms with Gasteiger partial charge in [-0.15, -0.1) is 0 Å². The van der Waals surface area contributed by atoms with Crippen LogP contribution in [0.15, 0.2) is 0 Å². The molecule has 98 valence electrons. The second-order valence-corrected chi connectivity index (χ2v) is 6.04. The lowest BCUT2D eigenvalue weighted by atomic mass is 9.80. The first-order chi connectivity index (χ1) is 8.11. The number of piperidine rings is 1. The molecule has 17 heavy (non-hydrogen) atoms. The quantitative estimate of drug-likeness (QED) is 0.737. The van der Waals surface area contributed by atoms with E-state index in [-0.39, 0.29) is 5.91 Å². The van der Waals surface area contributed by atoms with E-state index in [1.165, 1.54) is 12.8 Å². The summed E-state index contributed by atoms with van der Waals surface area (Å²) in [6, 6.07) is 0. The van der Waals surface area contributed by atoms with E-state index in [1.54, 1.807) is 0 Å². The Labute approximate surface area is 104 Å². The van der Waals surface area contributed by atoms with Crippen molar-refractivity contribution in [1.29, 1.82) is 0 Å². The highest BCUT2D eigenvalue weighted by Gasteiger charge is 2.29. The number of nitrogens with one attached hydrogen (secondary N) is 1. The Morgan fingerprint density at radius 1 is 1.41 bits per heavy atom. The zero-order valence-electron chi connectivity index (χ0n) is 10.9. The lowest BCUT2D eigenvalue weighted by Gasteiger charge is -2.38. The largest absolute Gasteiger partial charge is 0.355 e. The lowest BCUT2D eigenvalue weighted by molar-refractivity contribution is -0.122. The third-order valence-electron chi connectivity index (χ3n) is 4.21. The normalized spacial score (nSPS) is 24.6. The predicted molar refractivity (Wildman–Crippen MR) is 68.6 cm³/mol. The molecule has 0 atom stereocenters. The lowest BCUT2D eigenvalue weighted by Crippen LogP contribution is -2.46. The summed E-state index contributed by atoms with van der Waals surface area (Å²) in [7, 11) is 0. The summed E-state index contributed by atoms with van der Waals surface area (Å²) in [6.45, 7) is 6.46. The minimum Gasteiger partial charge on any atom is -0.355 e. The van der Waals surface area contributed by atoms with Gasteiger partial charge < -0.3 is 11.1 Å². The number of hydrogen-bond acceptors (Lipinski definition) is 3. The number of nitrogens with zero attached hydrogens (tertiary/aromatic N) is 1. The molecule has 0 aromatic heterocycles. The monoisotopic (exact) mass is 239 g/mol. The zero-order chi connectivity index (χ0) is 12.3. The van der Waals surface area contributed by atoms with Gasteiger partial charge in [-0.25, -0.2) is 0 Å². The summed E-state index contributed by atoms with van der Waals surface area (Å²) in [6.07, 6.45) is 4.80. The van der Waals surface area contributed by atoms with E-state index < -0.39 is 0 Å². The van der Waals surface area contributed by atoms with Crippen molar-refractivity contribution in [3.05, 3.63) is 0 Å². The molecule has 1 amide bonds. The summed E-state index contributed by atoms with van der Waals surface area (Å²) < 4.78 is 0. The Kier molecular flexibility index (Phi) is 4.05. The number of rotatable bonds is 5. The van der Waals surface area contributed by atoms with Gasteiger partial charge in [0.25, 0.3) is 0 Å². The molecule has 4 nitrogen and oxygen atoms in total. The molecular formula is C13H25N3O. The Morgan fingerprint density at radius 2 is 2.06 bits per heavy atom. The molecule has 0 bridgehead atoms. The molecule has 4 heteroatoms. The summed E-state index contributed by atoms with van der Waals surface area (Å²) >= 11 is 0. The van der Waals surface area contributed by atoms with Gasteiger partial charge in [0.2, 0.25) is 5.91 Å². The van der Waals surface area contributed by atoms with Crippen LogP contribution < -0.4 is 11.1 Å². The van der Waals surface area contributed by atoms with Gasteiger partial charge in [0, 0.05) is 6.54 Å². The smallest absolute Gasteiger partial charge is 0.234 e. The average Bonchev–Trinajstić information content (AvgIpc) is 3.14. The van der Waals surface area contributed by atoms with E-state index in [9.17, 15) is 4.79 Å². The van der Waals surface area contributed by atoms with Crippen LogP contribution in [-0.2, 0) is 4.79 Å². The van der Waals surface area contributed by atoms with E-state index >= 15 is 0 Å². The van der Waals surface area contributed by atoms with E-state index in [4.69, 9.17) is 5.73 Å². The van der Waals surface area contributed by atoms with Crippen molar-refractivity contribution in [3.8, 4) is 0 Å². The maximum Gasteiger partial charge on any atom is 0.234 e. The van der Waals surface area contributed by atoms with Crippen LogP contribution >= 0.6 is 0 Å². The van der Waals surface area contributed by atoms with E-state index in [1.807, 2.05) is 0 Å². The highest BCUT2D eigenvalue weighted by atomic mass is 16.2. The molecule has 3 N–H and O–H groups in total. The maximum absolute atomic E-state index is 11.7. The molecule has 2 aliphatic rings. The summed E-state index contributed by atoms with van der Waals surface area (Å²) in [4.78, 5) is 13.9. The Bertz CT molecular complexity index is 268. The molecule has 0 aromatic carbocycles. The van der Waals surface area contributed by atoms with Gasteiger partial charge in [0.1, 0.15) is 0 Å². The van der Waals surface area contributed by atoms with Gasteiger partial charge in [-0.05, 0) is 56.7 Å². The number of nitrogens with two attached hydrogens (primary N) is 1. The zero-order valence-corrected chi connectivity index (χ0v) is 10.9. The molecule has 2 fully saturated rings. The van der Waals surface area contributed by atoms with Crippen molar-refractivity contribution < 1.29 is 4.79 Å². The SMILES string of the molecule is CC1(CN)CCN(CC(=O)NCC2CC2)CC1. The van der Waals surface area contributed by atoms with Gasteiger partial charge >= 0.3 is 0 Å². The van der Waals surface area contributed by atoms with Crippen LogP contribution in [0, 0.1) is 11.3 Å². The van der Waals surface area contributed by atoms with Crippen LogP contribution in [0.5, 0.6) is 0 Å². The number of hydrogen-bond donors (Lipinski definition) is 2. The topological polar surface area (TPSA) is 58.4 Å². The number of carbonyl (C=O) groups is 1. The van der Waals surface area contributed by atoms with Crippen molar-refractivity contribution in [3.63, 3.8) is 0 Å². The van der Waals surface area contributed by atoms with Crippen molar-refractivity contribution in [2.75, 3.05) is 32.7 Å². The summed E-state index contributed by atoms with van der Waals surface area (Å²) in [5.41, 5.74) is 6.07. The number of amides is 1. The standard InChI is InChI=1S/C13H25N3O/c1-13(10-14)4-6-16(7-5-13)9-12(17)15-8-11-2-3-11/h11H,2-10,14H2,1H3,(H,15,17). The van der Waals surface area contributed by atoms with Gasteiger partial charge in [-0.3, -0.25) is 9.69 Å². The van der Waals surface area contributed by atoms with Gasteiger partial charge in [-0.2, -0.15) is 0 Å². The fourth-order valence-electron chi connectivity index (χ4n) is 2.29. The van der Waals surface area contributed by atoms with E-state index in [0.717, 1.165) is 44.9 Å². The minimum absolute atomic E-state index is 0.188. The third kappa shape index (κ3) is 3.96. The van der Waals surface area contributed by atoms with Crippen molar-refractivity contribution in [1.82, 2.24) is 10.2 Å². The van der Waals surface area contributed by atoms with Crippen molar-refractivity contribution in [2.24, 2.45) is 17.1 Å². The first-order valence-electron chi connectivity index (χ1n) is 6.80. The van der Waals surface area contributed by atoms with Crippen molar-refractivity contribution >= 4 is 5.91 Å². The maximum atomic E-state index is 11.7. The molecule has 1 saturated heterocycles. The first-order valence-corrected chi connectivity index (χ1v) is 6.80. The number of likely N-dealkylation sites (tertiary alicyclic amines) is 1.